The highest BCUT2D eigenvalue weighted by atomic mass is 32.2. The van der Waals surface area contributed by atoms with Crippen molar-refractivity contribution in [1.29, 1.82) is 0 Å². The minimum atomic E-state index is -0.970. The summed E-state index contributed by atoms with van der Waals surface area (Å²) in [4.78, 5) is 22.9. The third-order valence-corrected chi connectivity index (χ3v) is 4.96. The average molecular weight is 308 g/mol. The van der Waals surface area contributed by atoms with Crippen LogP contribution in [0.3, 0.4) is 0 Å². The molecule has 114 valence electrons. The van der Waals surface area contributed by atoms with Crippen LogP contribution in [0.15, 0.2) is 18.2 Å². The molecule has 2 amide bonds. The Labute approximate surface area is 128 Å². The number of carboxylic acid groups (broad SMARTS) is 1. The molecule has 1 aliphatic carbocycles. The van der Waals surface area contributed by atoms with Crippen LogP contribution in [0, 0.1) is 6.92 Å². The number of aromatic carboxylic acids is 1. The molecule has 0 spiro atoms. The largest absolute Gasteiger partial charge is 0.478 e. The van der Waals surface area contributed by atoms with Gasteiger partial charge in [0.2, 0.25) is 0 Å². The van der Waals surface area contributed by atoms with E-state index < -0.39 is 5.97 Å². The van der Waals surface area contributed by atoms with E-state index in [4.69, 9.17) is 5.11 Å². The number of benzene rings is 1. The molecule has 3 N–H and O–H groups in total. The van der Waals surface area contributed by atoms with E-state index in [1.807, 2.05) is 0 Å². The van der Waals surface area contributed by atoms with Crippen molar-refractivity contribution in [2.24, 2.45) is 0 Å². The molecule has 0 bridgehead atoms. The minimum Gasteiger partial charge on any atom is -0.478 e. The van der Waals surface area contributed by atoms with Crippen LogP contribution in [0.4, 0.5) is 10.5 Å². The molecular formula is C15H20N2O3S. The molecule has 2 rings (SSSR count). The maximum Gasteiger partial charge on any atom is 0.335 e. The second-order valence-electron chi connectivity index (χ2n) is 5.24. The second kappa shape index (κ2) is 6.85. The van der Waals surface area contributed by atoms with E-state index in [0.29, 0.717) is 10.9 Å². The topological polar surface area (TPSA) is 78.4 Å². The van der Waals surface area contributed by atoms with Crippen LogP contribution in [-0.2, 0) is 0 Å². The number of nitrogens with one attached hydrogen (secondary N) is 2. The number of aryl methyl sites for hydroxylation is 1. The molecule has 0 heterocycles. The number of amides is 2. The van der Waals surface area contributed by atoms with E-state index in [-0.39, 0.29) is 17.6 Å². The molecule has 1 aromatic rings. The SMILES string of the molecule is CSC1CCCC1NC(=O)Nc1ccc(C(=O)O)cc1C. The highest BCUT2D eigenvalue weighted by Gasteiger charge is 2.27. The second-order valence-corrected chi connectivity index (χ2v) is 6.32. The van der Waals surface area contributed by atoms with Gasteiger partial charge in [-0.2, -0.15) is 11.8 Å². The fourth-order valence-corrected chi connectivity index (χ4v) is 3.57. The molecule has 1 fully saturated rings. The Morgan fingerprint density at radius 1 is 1.33 bits per heavy atom. The number of hydrogen-bond acceptors (Lipinski definition) is 3. The zero-order chi connectivity index (χ0) is 15.4. The summed E-state index contributed by atoms with van der Waals surface area (Å²) in [6, 6.07) is 4.65. The Balaban J connectivity index is 1.98. The van der Waals surface area contributed by atoms with Gasteiger partial charge in [0.25, 0.3) is 0 Å². The van der Waals surface area contributed by atoms with Crippen molar-refractivity contribution in [3.05, 3.63) is 29.3 Å². The normalized spacial score (nSPS) is 21.0. The predicted molar refractivity (Wildman–Crippen MR) is 85.2 cm³/mol. The van der Waals surface area contributed by atoms with Crippen molar-refractivity contribution in [3.8, 4) is 0 Å². The highest BCUT2D eigenvalue weighted by molar-refractivity contribution is 7.99. The number of rotatable bonds is 4. The number of hydrogen-bond donors (Lipinski definition) is 3. The fraction of sp³-hybridized carbons (Fsp3) is 0.467. The van der Waals surface area contributed by atoms with Gasteiger partial charge in [-0.05, 0) is 49.8 Å². The fourth-order valence-electron chi connectivity index (χ4n) is 2.64. The lowest BCUT2D eigenvalue weighted by Crippen LogP contribution is -2.41. The third kappa shape index (κ3) is 3.91. The lowest BCUT2D eigenvalue weighted by atomic mass is 10.1. The van der Waals surface area contributed by atoms with Crippen molar-refractivity contribution < 1.29 is 14.7 Å². The molecule has 0 saturated heterocycles. The van der Waals surface area contributed by atoms with Crippen molar-refractivity contribution in [2.45, 2.75) is 37.5 Å². The quantitative estimate of drug-likeness (QED) is 0.798. The first-order valence-electron chi connectivity index (χ1n) is 6.95. The third-order valence-electron chi connectivity index (χ3n) is 3.79. The van der Waals surface area contributed by atoms with Crippen molar-refractivity contribution in [1.82, 2.24) is 5.32 Å². The molecule has 2 atom stereocenters. The first kappa shape index (κ1) is 15.7. The Kier molecular flexibility index (Phi) is 5.12. The van der Waals surface area contributed by atoms with Gasteiger partial charge in [-0.25, -0.2) is 9.59 Å². The summed E-state index contributed by atoms with van der Waals surface area (Å²) in [5.74, 6) is -0.970. The average Bonchev–Trinajstić information content (AvgIpc) is 2.87. The molecule has 0 aliphatic heterocycles. The Bertz CT molecular complexity index is 548. The number of carbonyl (C=O) groups excluding carboxylic acids is 1. The van der Waals surface area contributed by atoms with Gasteiger partial charge in [0.15, 0.2) is 0 Å². The number of anilines is 1. The van der Waals surface area contributed by atoms with Gasteiger partial charge in [-0.1, -0.05) is 6.42 Å². The van der Waals surface area contributed by atoms with E-state index in [1.54, 1.807) is 30.8 Å². The van der Waals surface area contributed by atoms with Crippen LogP contribution in [-0.4, -0.2) is 34.7 Å². The van der Waals surface area contributed by atoms with Crippen LogP contribution in [0.2, 0.25) is 0 Å². The van der Waals surface area contributed by atoms with E-state index in [0.717, 1.165) is 24.8 Å². The molecule has 2 unspecified atom stereocenters. The van der Waals surface area contributed by atoms with E-state index in [1.165, 1.54) is 6.07 Å². The lowest BCUT2D eigenvalue weighted by molar-refractivity contribution is 0.0697. The first-order valence-corrected chi connectivity index (χ1v) is 8.24. The molecule has 0 radical (unpaired) electrons. The van der Waals surface area contributed by atoms with Crippen molar-refractivity contribution >= 4 is 29.4 Å². The summed E-state index contributed by atoms with van der Waals surface area (Å²) in [7, 11) is 0. The van der Waals surface area contributed by atoms with Gasteiger partial charge in [-0.3, -0.25) is 0 Å². The van der Waals surface area contributed by atoms with Crippen LogP contribution in [0.25, 0.3) is 0 Å². The monoisotopic (exact) mass is 308 g/mol. The van der Waals surface area contributed by atoms with Gasteiger partial charge in [0, 0.05) is 17.0 Å². The summed E-state index contributed by atoms with van der Waals surface area (Å²) in [5, 5.41) is 15.2. The predicted octanol–water partition coefficient (Wildman–Crippen LogP) is 3.10. The first-order chi connectivity index (χ1) is 10.0. The standard InChI is InChI=1S/C15H20N2O3S/c1-9-8-10(14(18)19)6-7-11(9)16-15(20)17-12-4-3-5-13(12)21-2/h6-8,12-13H,3-5H2,1-2H3,(H,18,19)(H2,16,17,20). The maximum atomic E-state index is 12.1. The van der Waals surface area contributed by atoms with E-state index in [2.05, 4.69) is 16.9 Å². The Morgan fingerprint density at radius 3 is 2.71 bits per heavy atom. The maximum absolute atomic E-state index is 12.1. The molecule has 1 aromatic carbocycles. The smallest absolute Gasteiger partial charge is 0.335 e. The molecule has 6 heteroatoms. The van der Waals surface area contributed by atoms with E-state index in [9.17, 15) is 9.59 Å². The molecule has 1 aliphatic rings. The molecule has 1 saturated carbocycles. The molecule has 21 heavy (non-hydrogen) atoms. The molecular weight excluding hydrogens is 288 g/mol. The van der Waals surface area contributed by atoms with Gasteiger partial charge in [-0.15, -0.1) is 0 Å². The summed E-state index contributed by atoms with van der Waals surface area (Å²) in [5.41, 5.74) is 1.59. The van der Waals surface area contributed by atoms with Crippen LogP contribution in [0.5, 0.6) is 0 Å². The number of carbonyl (C=O) groups is 2. The van der Waals surface area contributed by atoms with Gasteiger partial charge in [0.1, 0.15) is 0 Å². The van der Waals surface area contributed by atoms with Crippen LogP contribution >= 0.6 is 11.8 Å². The summed E-state index contributed by atoms with van der Waals surface area (Å²) < 4.78 is 0. The minimum absolute atomic E-state index is 0.207. The number of urea groups is 1. The number of carboxylic acids is 1. The zero-order valence-electron chi connectivity index (χ0n) is 12.2. The number of thioether (sulfide) groups is 1. The highest BCUT2D eigenvalue weighted by Crippen LogP contribution is 2.28. The van der Waals surface area contributed by atoms with E-state index >= 15 is 0 Å². The summed E-state index contributed by atoms with van der Waals surface area (Å²) in [6.45, 7) is 1.78. The molecule has 0 aromatic heterocycles. The summed E-state index contributed by atoms with van der Waals surface area (Å²) in [6.07, 6.45) is 5.36. The molecule has 5 nitrogen and oxygen atoms in total. The van der Waals surface area contributed by atoms with Crippen LogP contribution < -0.4 is 10.6 Å². The van der Waals surface area contributed by atoms with Gasteiger partial charge < -0.3 is 15.7 Å². The van der Waals surface area contributed by atoms with Crippen LogP contribution in [0.1, 0.15) is 35.2 Å². The lowest BCUT2D eigenvalue weighted by Gasteiger charge is -2.20. The summed E-state index contributed by atoms with van der Waals surface area (Å²) >= 11 is 1.79. The Hall–Kier alpha value is -1.69. The van der Waals surface area contributed by atoms with Gasteiger partial charge in [0.05, 0.1) is 5.56 Å². The Morgan fingerprint density at radius 2 is 2.10 bits per heavy atom. The van der Waals surface area contributed by atoms with Crippen molar-refractivity contribution in [3.63, 3.8) is 0 Å². The zero-order valence-corrected chi connectivity index (χ0v) is 13.0. The van der Waals surface area contributed by atoms with Gasteiger partial charge >= 0.3 is 12.0 Å². The van der Waals surface area contributed by atoms with Crippen molar-refractivity contribution in [2.75, 3.05) is 11.6 Å².